The van der Waals surface area contributed by atoms with Crippen molar-refractivity contribution >= 4 is 5.91 Å². The number of hydrogen-bond acceptors (Lipinski definition) is 4. The lowest BCUT2D eigenvalue weighted by molar-refractivity contribution is 0.0946. The number of furan rings is 1. The Bertz CT molecular complexity index is 887. The Morgan fingerprint density at radius 1 is 1.16 bits per heavy atom. The van der Waals surface area contributed by atoms with Crippen LogP contribution in [0.15, 0.2) is 59.1 Å². The molecule has 0 saturated carbocycles. The van der Waals surface area contributed by atoms with Crippen LogP contribution in [0.5, 0.6) is 0 Å². The standard InChI is InChI=1S/C20H19N3O2/c24-20(16-8-11-22-18-9-10-21-13-17(16)18)23-12-15-6-7-19(25-15)14-4-2-1-3-5-14/h1-8,11,21H,9-10,12-13H2,(H,23,24). The van der Waals surface area contributed by atoms with Gasteiger partial charge in [-0.05, 0) is 18.2 Å². The molecule has 0 radical (unpaired) electrons. The first-order valence-electron chi connectivity index (χ1n) is 8.41. The van der Waals surface area contributed by atoms with Crippen molar-refractivity contribution < 1.29 is 9.21 Å². The number of hydrogen-bond donors (Lipinski definition) is 2. The molecule has 2 N–H and O–H groups in total. The fourth-order valence-electron chi connectivity index (χ4n) is 3.07. The van der Waals surface area contributed by atoms with Crippen molar-refractivity contribution in [3.05, 3.63) is 77.3 Å². The van der Waals surface area contributed by atoms with Crippen LogP contribution in [0.3, 0.4) is 0 Å². The molecule has 3 heterocycles. The summed E-state index contributed by atoms with van der Waals surface area (Å²) < 4.78 is 5.83. The largest absolute Gasteiger partial charge is 0.459 e. The van der Waals surface area contributed by atoms with Gasteiger partial charge in [-0.2, -0.15) is 0 Å². The molecule has 0 bridgehead atoms. The van der Waals surface area contributed by atoms with Crippen molar-refractivity contribution in [2.24, 2.45) is 0 Å². The second-order valence-corrected chi connectivity index (χ2v) is 6.03. The van der Waals surface area contributed by atoms with E-state index in [1.807, 2.05) is 42.5 Å². The Kier molecular flexibility index (Phi) is 4.31. The number of carbonyl (C=O) groups excluding carboxylic acids is 1. The van der Waals surface area contributed by atoms with Gasteiger partial charge in [-0.25, -0.2) is 0 Å². The molecular formula is C20H19N3O2. The fraction of sp³-hybridized carbons (Fsp3) is 0.200. The third-order valence-electron chi connectivity index (χ3n) is 4.37. The van der Waals surface area contributed by atoms with Gasteiger partial charge in [-0.15, -0.1) is 0 Å². The minimum atomic E-state index is -0.0972. The van der Waals surface area contributed by atoms with Crippen LogP contribution in [0.25, 0.3) is 11.3 Å². The number of aromatic nitrogens is 1. The minimum Gasteiger partial charge on any atom is -0.459 e. The molecule has 1 aromatic carbocycles. The first-order valence-corrected chi connectivity index (χ1v) is 8.41. The summed E-state index contributed by atoms with van der Waals surface area (Å²) in [5.41, 5.74) is 3.72. The number of amides is 1. The number of nitrogens with one attached hydrogen (secondary N) is 2. The number of carbonyl (C=O) groups is 1. The van der Waals surface area contributed by atoms with E-state index in [1.165, 1.54) is 0 Å². The van der Waals surface area contributed by atoms with E-state index in [4.69, 9.17) is 4.42 Å². The number of benzene rings is 1. The highest BCUT2D eigenvalue weighted by Crippen LogP contribution is 2.22. The van der Waals surface area contributed by atoms with Crippen molar-refractivity contribution in [2.45, 2.75) is 19.5 Å². The molecule has 0 aliphatic carbocycles. The zero-order chi connectivity index (χ0) is 17.1. The molecule has 0 atom stereocenters. The lowest BCUT2D eigenvalue weighted by Crippen LogP contribution is -2.30. The molecule has 1 amide bonds. The summed E-state index contributed by atoms with van der Waals surface area (Å²) in [6.07, 6.45) is 2.56. The molecule has 5 heteroatoms. The van der Waals surface area contributed by atoms with Gasteiger partial charge in [0.05, 0.1) is 6.54 Å². The molecule has 0 saturated heterocycles. The summed E-state index contributed by atoms with van der Waals surface area (Å²) in [6, 6.07) is 15.5. The van der Waals surface area contributed by atoms with E-state index in [1.54, 1.807) is 12.3 Å². The van der Waals surface area contributed by atoms with Gasteiger partial charge in [0.2, 0.25) is 0 Å². The lowest BCUT2D eigenvalue weighted by Gasteiger charge is -2.18. The molecule has 1 aliphatic rings. The second kappa shape index (κ2) is 6.91. The van der Waals surface area contributed by atoms with Crippen molar-refractivity contribution in [3.63, 3.8) is 0 Å². The molecule has 0 unspecified atom stereocenters. The molecule has 25 heavy (non-hydrogen) atoms. The van der Waals surface area contributed by atoms with Crippen molar-refractivity contribution in [1.82, 2.24) is 15.6 Å². The van der Waals surface area contributed by atoms with E-state index < -0.39 is 0 Å². The van der Waals surface area contributed by atoms with Gasteiger partial charge in [0.1, 0.15) is 11.5 Å². The van der Waals surface area contributed by atoms with Crippen LogP contribution in [0.2, 0.25) is 0 Å². The summed E-state index contributed by atoms with van der Waals surface area (Å²) in [4.78, 5) is 16.9. The second-order valence-electron chi connectivity index (χ2n) is 6.03. The van der Waals surface area contributed by atoms with Crippen molar-refractivity contribution in [3.8, 4) is 11.3 Å². The van der Waals surface area contributed by atoms with Crippen molar-refractivity contribution in [1.29, 1.82) is 0 Å². The van der Waals surface area contributed by atoms with Crippen LogP contribution in [-0.4, -0.2) is 17.4 Å². The highest BCUT2D eigenvalue weighted by Gasteiger charge is 2.18. The maximum absolute atomic E-state index is 12.6. The highest BCUT2D eigenvalue weighted by molar-refractivity contribution is 5.95. The molecule has 0 spiro atoms. The van der Waals surface area contributed by atoms with Crippen LogP contribution in [0.4, 0.5) is 0 Å². The zero-order valence-corrected chi connectivity index (χ0v) is 13.8. The quantitative estimate of drug-likeness (QED) is 0.770. The van der Waals surface area contributed by atoms with Gasteiger partial charge >= 0.3 is 0 Å². The molecular weight excluding hydrogens is 314 g/mol. The Morgan fingerprint density at radius 2 is 2.04 bits per heavy atom. The van der Waals surface area contributed by atoms with Crippen LogP contribution >= 0.6 is 0 Å². The summed E-state index contributed by atoms with van der Waals surface area (Å²) in [7, 11) is 0. The highest BCUT2D eigenvalue weighted by atomic mass is 16.3. The van der Waals surface area contributed by atoms with Crippen LogP contribution in [-0.2, 0) is 19.5 Å². The van der Waals surface area contributed by atoms with E-state index in [0.29, 0.717) is 18.7 Å². The maximum atomic E-state index is 12.6. The summed E-state index contributed by atoms with van der Waals surface area (Å²) in [5, 5.41) is 6.23. The number of rotatable bonds is 4. The topological polar surface area (TPSA) is 67.2 Å². The number of nitrogens with zero attached hydrogens (tertiary/aromatic N) is 1. The van der Waals surface area contributed by atoms with Gasteiger partial charge in [0, 0.05) is 48.1 Å². The van der Waals surface area contributed by atoms with E-state index >= 15 is 0 Å². The Balaban J connectivity index is 1.46. The maximum Gasteiger partial charge on any atom is 0.252 e. The predicted octanol–water partition coefficient (Wildman–Crippen LogP) is 2.92. The van der Waals surface area contributed by atoms with Crippen LogP contribution in [0.1, 0.15) is 27.4 Å². The van der Waals surface area contributed by atoms with Gasteiger partial charge in [-0.3, -0.25) is 9.78 Å². The number of fused-ring (bicyclic) bond motifs is 1. The molecule has 3 aromatic rings. The minimum absolute atomic E-state index is 0.0972. The zero-order valence-electron chi connectivity index (χ0n) is 13.8. The van der Waals surface area contributed by atoms with E-state index in [-0.39, 0.29) is 5.91 Å². The monoisotopic (exact) mass is 333 g/mol. The van der Waals surface area contributed by atoms with Gasteiger partial charge in [0.25, 0.3) is 5.91 Å². The average Bonchev–Trinajstić information content (AvgIpc) is 3.15. The van der Waals surface area contributed by atoms with E-state index in [2.05, 4.69) is 15.6 Å². The third-order valence-corrected chi connectivity index (χ3v) is 4.37. The average molecular weight is 333 g/mol. The van der Waals surface area contributed by atoms with Gasteiger partial charge in [0.15, 0.2) is 0 Å². The van der Waals surface area contributed by atoms with Gasteiger partial charge < -0.3 is 15.1 Å². The Labute approximate surface area is 146 Å². The van der Waals surface area contributed by atoms with Gasteiger partial charge in [-0.1, -0.05) is 30.3 Å². The van der Waals surface area contributed by atoms with E-state index in [9.17, 15) is 4.79 Å². The SMILES string of the molecule is O=C(NCc1ccc(-c2ccccc2)o1)c1ccnc2c1CNCC2. The molecule has 2 aromatic heterocycles. The molecule has 1 aliphatic heterocycles. The van der Waals surface area contributed by atoms with E-state index in [0.717, 1.165) is 41.3 Å². The third kappa shape index (κ3) is 3.32. The summed E-state index contributed by atoms with van der Waals surface area (Å²) >= 11 is 0. The van der Waals surface area contributed by atoms with Crippen molar-refractivity contribution in [2.75, 3.05) is 6.54 Å². The molecule has 4 rings (SSSR count). The van der Waals surface area contributed by atoms with Crippen LogP contribution < -0.4 is 10.6 Å². The molecule has 126 valence electrons. The Hall–Kier alpha value is -2.92. The normalized spacial score (nSPS) is 13.3. The summed E-state index contributed by atoms with van der Waals surface area (Å²) in [5.74, 6) is 1.43. The predicted molar refractivity (Wildman–Crippen MR) is 95.0 cm³/mol. The molecule has 0 fully saturated rings. The fourth-order valence-corrected chi connectivity index (χ4v) is 3.07. The first-order chi connectivity index (χ1) is 12.3. The first kappa shape index (κ1) is 15.6. The van der Waals surface area contributed by atoms with Crippen LogP contribution in [0, 0.1) is 0 Å². The molecule has 5 nitrogen and oxygen atoms in total. The smallest absolute Gasteiger partial charge is 0.252 e. The Morgan fingerprint density at radius 3 is 2.92 bits per heavy atom. The lowest BCUT2D eigenvalue weighted by atomic mass is 10.0. The summed E-state index contributed by atoms with van der Waals surface area (Å²) in [6.45, 7) is 1.95. The number of pyridine rings is 1.